The van der Waals surface area contributed by atoms with Gasteiger partial charge in [-0.05, 0) is 36.2 Å². The van der Waals surface area contributed by atoms with Crippen molar-refractivity contribution in [2.75, 3.05) is 6.61 Å². The minimum atomic E-state index is -2.73. The second kappa shape index (κ2) is 7.80. The lowest BCUT2D eigenvalue weighted by Crippen LogP contribution is -2.68. The first kappa shape index (κ1) is 22.6. The second-order valence-corrected chi connectivity index (χ2v) is 14.6. The molecule has 0 unspecified atom stereocenters. The highest BCUT2D eigenvalue weighted by Gasteiger charge is 2.61. The number of ether oxygens (including phenoxy) is 3. The highest BCUT2D eigenvalue weighted by Crippen LogP contribution is 2.44. The molecular weight excluding hydrogens is 408 g/mol. The van der Waals surface area contributed by atoms with Gasteiger partial charge in [-0.25, -0.2) is 0 Å². The molecule has 2 saturated heterocycles. The van der Waals surface area contributed by atoms with Crippen molar-refractivity contribution >= 4 is 18.7 Å². The van der Waals surface area contributed by atoms with E-state index < -0.39 is 38.2 Å². The Morgan fingerprint density at radius 3 is 1.84 bits per heavy atom. The maximum atomic E-state index is 11.1. The van der Waals surface area contributed by atoms with Crippen LogP contribution in [-0.2, 0) is 18.6 Å². The summed E-state index contributed by atoms with van der Waals surface area (Å²) in [7, 11) is -2.73. The van der Waals surface area contributed by atoms with Gasteiger partial charge >= 0.3 is 0 Å². The Morgan fingerprint density at radius 1 is 0.871 bits per heavy atom. The summed E-state index contributed by atoms with van der Waals surface area (Å²) in [5.41, 5.74) is -0.932. The van der Waals surface area contributed by atoms with Gasteiger partial charge in [0.15, 0.2) is 12.1 Å². The monoisotopic (exact) mass is 442 g/mol. The SMILES string of the molecule is CC1(C)O[C@H]2O[C@](C)(CO[Si](c3ccccc3)(c3ccccc3)C(C)(C)C)[C@@H](O)[C@H]2O1. The van der Waals surface area contributed by atoms with Gasteiger partial charge in [-0.1, -0.05) is 81.4 Å². The summed E-state index contributed by atoms with van der Waals surface area (Å²) in [6, 6.07) is 20.9. The Balaban J connectivity index is 1.70. The molecule has 31 heavy (non-hydrogen) atoms. The van der Waals surface area contributed by atoms with E-state index in [1.165, 1.54) is 10.4 Å². The summed E-state index contributed by atoms with van der Waals surface area (Å²) in [5, 5.41) is 13.3. The third-order valence-electron chi connectivity index (χ3n) is 6.40. The molecule has 0 spiro atoms. The smallest absolute Gasteiger partial charge is 0.261 e. The van der Waals surface area contributed by atoms with Gasteiger partial charge in [0.2, 0.25) is 0 Å². The van der Waals surface area contributed by atoms with Crippen LogP contribution in [0, 0.1) is 0 Å². The van der Waals surface area contributed by atoms with Gasteiger partial charge in [0.1, 0.15) is 17.8 Å². The molecule has 0 amide bonds. The van der Waals surface area contributed by atoms with Crippen molar-refractivity contribution in [3.05, 3.63) is 60.7 Å². The molecule has 2 heterocycles. The largest absolute Gasteiger partial charge is 0.404 e. The first-order valence-electron chi connectivity index (χ1n) is 11.0. The zero-order valence-electron chi connectivity index (χ0n) is 19.3. The average molecular weight is 443 g/mol. The molecule has 2 fully saturated rings. The van der Waals surface area contributed by atoms with Crippen molar-refractivity contribution in [3.63, 3.8) is 0 Å². The van der Waals surface area contributed by atoms with E-state index in [2.05, 4.69) is 69.3 Å². The summed E-state index contributed by atoms with van der Waals surface area (Å²) >= 11 is 0. The number of aliphatic hydroxyl groups is 1. The van der Waals surface area contributed by atoms with Gasteiger partial charge in [-0.3, -0.25) is 0 Å². The molecule has 4 rings (SSSR count). The average Bonchev–Trinajstić information content (AvgIpc) is 3.12. The first-order chi connectivity index (χ1) is 14.5. The van der Waals surface area contributed by atoms with Crippen molar-refractivity contribution in [1.29, 1.82) is 0 Å². The summed E-state index contributed by atoms with van der Waals surface area (Å²) < 4.78 is 25.0. The van der Waals surface area contributed by atoms with Crippen molar-refractivity contribution < 1.29 is 23.7 Å². The molecule has 5 nitrogen and oxygen atoms in total. The molecule has 4 atom stereocenters. The van der Waals surface area contributed by atoms with Crippen LogP contribution in [0.15, 0.2) is 60.7 Å². The predicted octanol–water partition coefficient (Wildman–Crippen LogP) is 3.19. The fraction of sp³-hybridized carbons (Fsp3) is 0.520. The van der Waals surface area contributed by atoms with E-state index in [9.17, 15) is 5.11 Å². The minimum absolute atomic E-state index is 0.152. The van der Waals surface area contributed by atoms with Gasteiger partial charge in [-0.15, -0.1) is 0 Å². The fourth-order valence-corrected chi connectivity index (χ4v) is 9.54. The van der Waals surface area contributed by atoms with Crippen molar-refractivity contribution in [3.8, 4) is 0 Å². The van der Waals surface area contributed by atoms with Crippen LogP contribution in [-0.4, -0.2) is 49.9 Å². The van der Waals surface area contributed by atoms with Crippen LogP contribution in [0.1, 0.15) is 41.5 Å². The molecule has 2 aromatic rings. The molecule has 0 saturated carbocycles. The quantitative estimate of drug-likeness (QED) is 0.721. The molecule has 1 N–H and O–H groups in total. The fourth-order valence-electron chi connectivity index (χ4n) is 4.88. The van der Waals surface area contributed by atoms with E-state index >= 15 is 0 Å². The zero-order chi connectivity index (χ0) is 22.5. The van der Waals surface area contributed by atoms with Crippen LogP contribution in [0.5, 0.6) is 0 Å². The molecule has 0 aliphatic carbocycles. The van der Waals surface area contributed by atoms with E-state index in [4.69, 9.17) is 18.6 Å². The van der Waals surface area contributed by atoms with E-state index in [0.29, 0.717) is 0 Å². The normalized spacial score (nSPS) is 30.4. The van der Waals surface area contributed by atoms with Crippen LogP contribution in [0.3, 0.4) is 0 Å². The first-order valence-corrected chi connectivity index (χ1v) is 12.9. The maximum Gasteiger partial charge on any atom is 0.261 e. The highest BCUT2D eigenvalue weighted by atomic mass is 28.4. The molecule has 2 aliphatic rings. The number of aliphatic hydroxyl groups excluding tert-OH is 1. The standard InChI is InChI=1S/C25H34O5Si/c1-23(2,3)31(18-13-9-7-10-14-18,19-15-11-8-12-16-19)27-17-25(6)21(26)20-22(30-25)29-24(4,5)28-20/h7-16,20-22,26H,17H2,1-6H3/t20-,21+,22+,25-/m1/s1. The van der Waals surface area contributed by atoms with E-state index in [-0.39, 0.29) is 11.6 Å². The lowest BCUT2D eigenvalue weighted by molar-refractivity contribution is -0.240. The number of rotatable bonds is 5. The van der Waals surface area contributed by atoms with Crippen molar-refractivity contribution in [2.45, 2.75) is 76.5 Å². The van der Waals surface area contributed by atoms with Gasteiger partial charge < -0.3 is 23.7 Å². The van der Waals surface area contributed by atoms with Gasteiger partial charge in [-0.2, -0.15) is 0 Å². The lowest BCUT2D eigenvalue weighted by atomic mass is 9.99. The predicted molar refractivity (Wildman–Crippen MR) is 123 cm³/mol. The third-order valence-corrected chi connectivity index (χ3v) is 11.4. The Labute approximate surface area is 186 Å². The minimum Gasteiger partial charge on any atom is -0.404 e. The van der Waals surface area contributed by atoms with Crippen LogP contribution in [0.2, 0.25) is 5.04 Å². The van der Waals surface area contributed by atoms with Crippen LogP contribution < -0.4 is 10.4 Å². The van der Waals surface area contributed by atoms with E-state index in [0.717, 1.165) is 0 Å². The zero-order valence-corrected chi connectivity index (χ0v) is 20.3. The highest BCUT2D eigenvalue weighted by molar-refractivity contribution is 6.99. The Morgan fingerprint density at radius 2 is 1.39 bits per heavy atom. The molecule has 0 aromatic heterocycles. The molecule has 2 aliphatic heterocycles. The molecule has 2 aromatic carbocycles. The van der Waals surface area contributed by atoms with E-state index in [1.54, 1.807) is 0 Å². The van der Waals surface area contributed by atoms with E-state index in [1.807, 2.05) is 32.9 Å². The molecular formula is C25H34O5Si. The summed E-state index contributed by atoms with van der Waals surface area (Å²) in [4.78, 5) is 0. The van der Waals surface area contributed by atoms with Crippen LogP contribution >= 0.6 is 0 Å². The van der Waals surface area contributed by atoms with Gasteiger partial charge in [0.05, 0.1) is 6.61 Å². The van der Waals surface area contributed by atoms with Gasteiger partial charge in [0.25, 0.3) is 8.32 Å². The third kappa shape index (κ3) is 3.90. The topological polar surface area (TPSA) is 57.2 Å². The Bertz CT molecular complexity index is 856. The van der Waals surface area contributed by atoms with Crippen molar-refractivity contribution in [2.24, 2.45) is 0 Å². The van der Waals surface area contributed by atoms with Crippen LogP contribution in [0.25, 0.3) is 0 Å². The molecule has 6 heteroatoms. The van der Waals surface area contributed by atoms with Crippen molar-refractivity contribution in [1.82, 2.24) is 0 Å². The second-order valence-electron chi connectivity index (χ2n) is 10.3. The Hall–Kier alpha value is -1.54. The lowest BCUT2D eigenvalue weighted by Gasteiger charge is -2.45. The summed E-state index contributed by atoms with van der Waals surface area (Å²) in [6.07, 6.45) is -1.97. The Kier molecular flexibility index (Phi) is 5.69. The summed E-state index contributed by atoms with van der Waals surface area (Å²) in [5.74, 6) is -0.767. The maximum absolute atomic E-state index is 11.1. The number of hydrogen-bond donors (Lipinski definition) is 1. The number of fused-ring (bicyclic) bond motifs is 1. The summed E-state index contributed by atoms with van der Waals surface area (Å²) in [6.45, 7) is 12.5. The van der Waals surface area contributed by atoms with Crippen LogP contribution in [0.4, 0.5) is 0 Å². The number of hydrogen-bond acceptors (Lipinski definition) is 5. The molecule has 0 bridgehead atoms. The number of benzene rings is 2. The molecule has 168 valence electrons. The van der Waals surface area contributed by atoms with Gasteiger partial charge in [0, 0.05) is 0 Å². The molecule has 0 radical (unpaired) electrons.